The fraction of sp³-hybridized carbons (Fsp3) is 0.333. The Labute approximate surface area is 109 Å². The zero-order valence-corrected chi connectivity index (χ0v) is 10.1. The molecule has 1 aliphatic heterocycles. The third-order valence-electron chi connectivity index (χ3n) is 2.80. The van der Waals surface area contributed by atoms with Crippen LogP contribution in [0.1, 0.15) is 12.0 Å². The Morgan fingerprint density at radius 3 is 2.84 bits per heavy atom. The van der Waals surface area contributed by atoms with E-state index in [1.54, 1.807) is 12.1 Å². The average Bonchev–Trinajstić information content (AvgIpc) is 2.41. The van der Waals surface area contributed by atoms with Crippen LogP contribution in [0.15, 0.2) is 24.3 Å². The smallest absolute Gasteiger partial charge is 0.260 e. The minimum absolute atomic E-state index is 0.151. The summed E-state index contributed by atoms with van der Waals surface area (Å²) in [7, 11) is 0. The molecule has 1 saturated heterocycles. The van der Waals surface area contributed by atoms with Gasteiger partial charge >= 0.3 is 0 Å². The van der Waals surface area contributed by atoms with Crippen molar-refractivity contribution in [1.29, 1.82) is 0 Å². The van der Waals surface area contributed by atoms with Gasteiger partial charge in [0.25, 0.3) is 5.91 Å². The molecule has 2 amide bonds. The van der Waals surface area contributed by atoms with E-state index in [4.69, 9.17) is 0 Å². The van der Waals surface area contributed by atoms with E-state index < -0.39 is 18.0 Å². The standard InChI is InChI=1S/C12H14FN3O3/c13-9-3-1-8(2-4-9)7-15-12(18)11-14-6-5-10(17)16(11)19/h1-4,11,14,19H,5-7H2,(H,15,18). The lowest BCUT2D eigenvalue weighted by molar-refractivity contribution is -0.188. The van der Waals surface area contributed by atoms with Crippen LogP contribution in [0.3, 0.4) is 0 Å². The maximum atomic E-state index is 12.7. The molecular formula is C12H14FN3O3. The van der Waals surface area contributed by atoms with Crippen LogP contribution in [0.2, 0.25) is 0 Å². The topological polar surface area (TPSA) is 81.7 Å². The van der Waals surface area contributed by atoms with E-state index >= 15 is 0 Å². The SMILES string of the molecule is O=C(NCc1ccc(F)cc1)C1NCCC(=O)N1O. The zero-order chi connectivity index (χ0) is 13.8. The molecule has 0 bridgehead atoms. The van der Waals surface area contributed by atoms with Gasteiger partial charge in [-0.3, -0.25) is 20.1 Å². The van der Waals surface area contributed by atoms with Crippen LogP contribution in [0.25, 0.3) is 0 Å². The molecule has 6 nitrogen and oxygen atoms in total. The highest BCUT2D eigenvalue weighted by Crippen LogP contribution is 2.05. The van der Waals surface area contributed by atoms with Gasteiger partial charge in [0.05, 0.1) is 0 Å². The summed E-state index contributed by atoms with van der Waals surface area (Å²) in [6, 6.07) is 5.68. The Kier molecular flexibility index (Phi) is 4.08. The Bertz CT molecular complexity index is 478. The summed E-state index contributed by atoms with van der Waals surface area (Å²) in [5.74, 6) is -1.36. The molecule has 1 fully saturated rings. The Morgan fingerprint density at radius 1 is 1.47 bits per heavy atom. The van der Waals surface area contributed by atoms with Crippen LogP contribution in [0.4, 0.5) is 4.39 Å². The van der Waals surface area contributed by atoms with Gasteiger partial charge in [-0.1, -0.05) is 12.1 Å². The number of nitrogens with one attached hydrogen (secondary N) is 2. The highest BCUT2D eigenvalue weighted by atomic mass is 19.1. The van der Waals surface area contributed by atoms with Crippen molar-refractivity contribution in [3.05, 3.63) is 35.6 Å². The molecule has 0 saturated carbocycles. The van der Waals surface area contributed by atoms with Gasteiger partial charge in [-0.05, 0) is 17.7 Å². The van der Waals surface area contributed by atoms with E-state index in [2.05, 4.69) is 10.6 Å². The second-order valence-corrected chi connectivity index (χ2v) is 4.19. The van der Waals surface area contributed by atoms with Gasteiger partial charge in [0.2, 0.25) is 5.91 Å². The number of hydrogen-bond acceptors (Lipinski definition) is 4. The number of rotatable bonds is 3. The highest BCUT2D eigenvalue weighted by Gasteiger charge is 2.31. The second-order valence-electron chi connectivity index (χ2n) is 4.19. The number of amides is 2. The van der Waals surface area contributed by atoms with Crippen LogP contribution in [0, 0.1) is 5.82 Å². The first-order valence-corrected chi connectivity index (χ1v) is 5.84. The van der Waals surface area contributed by atoms with Crippen molar-refractivity contribution in [1.82, 2.24) is 15.7 Å². The molecule has 1 heterocycles. The van der Waals surface area contributed by atoms with E-state index in [1.165, 1.54) is 12.1 Å². The Morgan fingerprint density at radius 2 is 2.16 bits per heavy atom. The number of carbonyl (C=O) groups is 2. The van der Waals surface area contributed by atoms with Gasteiger partial charge in [0, 0.05) is 19.5 Å². The summed E-state index contributed by atoms with van der Waals surface area (Å²) in [4.78, 5) is 23.0. The summed E-state index contributed by atoms with van der Waals surface area (Å²) >= 11 is 0. The monoisotopic (exact) mass is 267 g/mol. The third kappa shape index (κ3) is 3.27. The molecule has 1 aromatic rings. The summed E-state index contributed by atoms with van der Waals surface area (Å²) in [6.07, 6.45) is -0.931. The second kappa shape index (κ2) is 5.77. The molecule has 1 aromatic carbocycles. The maximum Gasteiger partial charge on any atom is 0.260 e. The quantitative estimate of drug-likeness (QED) is 0.672. The molecule has 0 spiro atoms. The number of hydrogen-bond donors (Lipinski definition) is 3. The van der Waals surface area contributed by atoms with Crippen molar-refractivity contribution in [2.45, 2.75) is 19.1 Å². The Balaban J connectivity index is 1.90. The molecule has 0 aliphatic carbocycles. The largest absolute Gasteiger partial charge is 0.349 e. The van der Waals surface area contributed by atoms with Crippen molar-refractivity contribution in [3.8, 4) is 0 Å². The first-order valence-electron chi connectivity index (χ1n) is 5.84. The van der Waals surface area contributed by atoms with Crippen molar-refractivity contribution in [2.75, 3.05) is 6.54 Å². The van der Waals surface area contributed by atoms with E-state index in [0.29, 0.717) is 11.6 Å². The predicted octanol–water partition coefficient (Wildman–Crippen LogP) is -0.0209. The lowest BCUT2D eigenvalue weighted by atomic mass is 10.2. The third-order valence-corrected chi connectivity index (χ3v) is 2.80. The van der Waals surface area contributed by atoms with E-state index in [1.807, 2.05) is 0 Å². The normalized spacial score (nSPS) is 19.4. The van der Waals surface area contributed by atoms with Crippen LogP contribution < -0.4 is 10.6 Å². The lowest BCUT2D eigenvalue weighted by Crippen LogP contribution is -2.59. The van der Waals surface area contributed by atoms with Crippen LogP contribution in [-0.2, 0) is 16.1 Å². The minimum atomic E-state index is -1.08. The highest BCUT2D eigenvalue weighted by molar-refractivity contribution is 5.87. The van der Waals surface area contributed by atoms with Crippen LogP contribution in [0.5, 0.6) is 0 Å². The molecule has 1 unspecified atom stereocenters. The fourth-order valence-electron chi connectivity index (χ4n) is 1.75. The number of nitrogens with zero attached hydrogens (tertiary/aromatic N) is 1. The van der Waals surface area contributed by atoms with Crippen molar-refractivity contribution in [2.24, 2.45) is 0 Å². The fourth-order valence-corrected chi connectivity index (χ4v) is 1.75. The molecule has 1 atom stereocenters. The van der Waals surface area contributed by atoms with Crippen molar-refractivity contribution < 1.29 is 19.2 Å². The van der Waals surface area contributed by atoms with Crippen LogP contribution in [-0.4, -0.2) is 34.8 Å². The van der Waals surface area contributed by atoms with Gasteiger partial charge in [0.1, 0.15) is 5.82 Å². The summed E-state index contributed by atoms with van der Waals surface area (Å²) < 4.78 is 12.7. The average molecular weight is 267 g/mol. The maximum absolute atomic E-state index is 12.7. The molecule has 19 heavy (non-hydrogen) atoms. The van der Waals surface area contributed by atoms with E-state index in [9.17, 15) is 19.2 Å². The Hall–Kier alpha value is -1.99. The molecule has 0 aromatic heterocycles. The summed E-state index contributed by atoms with van der Waals surface area (Å²) in [5.41, 5.74) is 0.723. The predicted molar refractivity (Wildman–Crippen MR) is 63.3 cm³/mol. The molecule has 102 valence electrons. The number of hydroxylamine groups is 2. The molecule has 7 heteroatoms. The minimum Gasteiger partial charge on any atom is -0.349 e. The van der Waals surface area contributed by atoms with Gasteiger partial charge in [-0.25, -0.2) is 4.39 Å². The first kappa shape index (κ1) is 13.4. The summed E-state index contributed by atoms with van der Waals surface area (Å²) in [6.45, 7) is 0.532. The summed E-state index contributed by atoms with van der Waals surface area (Å²) in [5, 5.41) is 15.1. The van der Waals surface area contributed by atoms with E-state index in [-0.39, 0.29) is 18.8 Å². The van der Waals surface area contributed by atoms with Crippen LogP contribution >= 0.6 is 0 Å². The van der Waals surface area contributed by atoms with Gasteiger partial charge in [-0.2, -0.15) is 5.06 Å². The number of carbonyl (C=O) groups excluding carboxylic acids is 2. The van der Waals surface area contributed by atoms with Crippen molar-refractivity contribution in [3.63, 3.8) is 0 Å². The molecule has 3 N–H and O–H groups in total. The number of halogens is 1. The molecular weight excluding hydrogens is 253 g/mol. The molecule has 1 aliphatic rings. The first-order chi connectivity index (χ1) is 9.08. The van der Waals surface area contributed by atoms with E-state index in [0.717, 1.165) is 5.56 Å². The molecule has 0 radical (unpaired) electrons. The van der Waals surface area contributed by atoms with Gasteiger partial charge in [0.15, 0.2) is 6.17 Å². The lowest BCUT2D eigenvalue weighted by Gasteiger charge is -2.29. The van der Waals surface area contributed by atoms with Gasteiger partial charge < -0.3 is 5.32 Å². The van der Waals surface area contributed by atoms with Gasteiger partial charge in [-0.15, -0.1) is 0 Å². The van der Waals surface area contributed by atoms with Crippen molar-refractivity contribution >= 4 is 11.8 Å². The zero-order valence-electron chi connectivity index (χ0n) is 10.1. The number of benzene rings is 1. The molecule has 2 rings (SSSR count).